The van der Waals surface area contributed by atoms with Gasteiger partial charge in [0.1, 0.15) is 6.04 Å². The number of hydrogen-bond acceptors (Lipinski definition) is 6. The van der Waals surface area contributed by atoms with Crippen molar-refractivity contribution in [2.24, 2.45) is 5.73 Å². The Bertz CT molecular complexity index is 184. The van der Waals surface area contributed by atoms with Crippen LogP contribution in [0.4, 0.5) is 4.79 Å². The lowest BCUT2D eigenvalue weighted by Gasteiger charge is -2.08. The van der Waals surface area contributed by atoms with E-state index < -0.39 is 24.7 Å². The first-order valence-corrected chi connectivity index (χ1v) is 3.61. The number of nitrogens with one attached hydrogen (secondary N) is 1. The van der Waals surface area contributed by atoms with Crippen molar-refractivity contribution in [1.29, 1.82) is 0 Å². The van der Waals surface area contributed by atoms with Gasteiger partial charge in [0.05, 0.1) is 13.2 Å². The Hall–Kier alpha value is -1.34. The second kappa shape index (κ2) is 6.21. The first kappa shape index (κ1) is 11.7. The predicted octanol–water partition coefficient (Wildman–Crippen LogP) is -1.49. The zero-order valence-electron chi connectivity index (χ0n) is 7.15. The Kier molecular flexibility index (Phi) is 5.57. The lowest BCUT2D eigenvalue weighted by molar-refractivity contribution is -0.133. The van der Waals surface area contributed by atoms with Crippen molar-refractivity contribution in [3.63, 3.8) is 0 Å². The van der Waals surface area contributed by atoms with Crippen molar-refractivity contribution >= 4 is 12.1 Å². The molecular weight excluding hydrogens is 180 g/mol. The van der Waals surface area contributed by atoms with E-state index in [1.54, 1.807) is 12.4 Å². The van der Waals surface area contributed by atoms with Gasteiger partial charge in [-0.3, -0.25) is 4.79 Å². The summed E-state index contributed by atoms with van der Waals surface area (Å²) < 4.78 is 4.33. The second-order valence-electron chi connectivity index (χ2n) is 2.04. The molecule has 13 heavy (non-hydrogen) atoms. The van der Waals surface area contributed by atoms with Gasteiger partial charge in [-0.05, 0) is 6.92 Å². The molecule has 0 heterocycles. The summed E-state index contributed by atoms with van der Waals surface area (Å²) >= 11 is 0. The van der Waals surface area contributed by atoms with Crippen LogP contribution in [0.3, 0.4) is 0 Å². The zero-order valence-corrected chi connectivity index (χ0v) is 7.15. The van der Waals surface area contributed by atoms with Crippen LogP contribution in [0.25, 0.3) is 0 Å². The van der Waals surface area contributed by atoms with Crippen molar-refractivity contribution in [3.8, 4) is 0 Å². The molecule has 0 aromatic heterocycles. The third-order valence-electron chi connectivity index (χ3n) is 1.03. The molecule has 0 spiro atoms. The lowest BCUT2D eigenvalue weighted by Crippen LogP contribution is -2.43. The predicted molar refractivity (Wildman–Crippen MR) is 41.3 cm³/mol. The van der Waals surface area contributed by atoms with Gasteiger partial charge >= 0.3 is 6.16 Å². The number of nitrogens with two attached hydrogens (primary N) is 1. The molecule has 1 atom stereocenters. The summed E-state index contributed by atoms with van der Waals surface area (Å²) in [7, 11) is 0. The minimum Gasteiger partial charge on any atom is -0.433 e. The van der Waals surface area contributed by atoms with E-state index in [0.717, 1.165) is 0 Å². The Balaban J connectivity index is 3.63. The maximum Gasteiger partial charge on any atom is 0.533 e. The number of rotatable bonds is 3. The molecule has 0 aromatic rings. The van der Waals surface area contributed by atoms with Crippen LogP contribution >= 0.6 is 0 Å². The van der Waals surface area contributed by atoms with Gasteiger partial charge in [0, 0.05) is 0 Å². The van der Waals surface area contributed by atoms with E-state index in [0.29, 0.717) is 0 Å². The number of aliphatic hydroxyl groups is 1. The van der Waals surface area contributed by atoms with E-state index in [9.17, 15) is 9.59 Å². The number of carbonyl (C=O) groups is 2. The zero-order chi connectivity index (χ0) is 10.3. The van der Waals surface area contributed by atoms with Crippen LogP contribution in [0.5, 0.6) is 0 Å². The van der Waals surface area contributed by atoms with Crippen LogP contribution in [0.1, 0.15) is 6.92 Å². The van der Waals surface area contributed by atoms with Gasteiger partial charge in [-0.15, -0.1) is 0 Å². The van der Waals surface area contributed by atoms with Gasteiger partial charge in [0.25, 0.3) is 5.91 Å². The second-order valence-corrected chi connectivity index (χ2v) is 2.04. The van der Waals surface area contributed by atoms with Crippen molar-refractivity contribution in [2.75, 3.05) is 13.2 Å². The number of hydrogen-bond donors (Lipinski definition) is 3. The van der Waals surface area contributed by atoms with E-state index in [-0.39, 0.29) is 6.61 Å². The average Bonchev–Trinajstić information content (AvgIpc) is 2.13. The Morgan fingerprint density at radius 2 is 2.23 bits per heavy atom. The van der Waals surface area contributed by atoms with Gasteiger partial charge in [0.15, 0.2) is 0 Å². The summed E-state index contributed by atoms with van der Waals surface area (Å²) in [5, 5.41) is 8.42. The van der Waals surface area contributed by atoms with E-state index in [1.165, 1.54) is 0 Å². The van der Waals surface area contributed by atoms with Crippen molar-refractivity contribution in [3.05, 3.63) is 0 Å². The highest BCUT2D eigenvalue weighted by Gasteiger charge is 2.13. The maximum atomic E-state index is 10.8. The van der Waals surface area contributed by atoms with E-state index >= 15 is 0 Å². The van der Waals surface area contributed by atoms with Crippen LogP contribution in [-0.4, -0.2) is 36.4 Å². The molecule has 0 rings (SSSR count). The molecule has 0 aliphatic rings. The normalized spacial score (nSPS) is 11.6. The van der Waals surface area contributed by atoms with Crippen LogP contribution in [0, 0.1) is 0 Å². The van der Waals surface area contributed by atoms with Crippen LogP contribution in [-0.2, 0) is 14.4 Å². The van der Waals surface area contributed by atoms with Gasteiger partial charge < -0.3 is 20.4 Å². The molecule has 0 radical (unpaired) electrons. The topological polar surface area (TPSA) is 111 Å². The summed E-state index contributed by atoms with van der Waals surface area (Å²) in [6, 6.07) is -1.12. The molecular formula is C6H12N2O5. The molecule has 1 amide bonds. The third kappa shape index (κ3) is 4.99. The number of carbonyl (C=O) groups excluding carboxylic acids is 2. The number of ether oxygens (including phenoxy) is 1. The van der Waals surface area contributed by atoms with Gasteiger partial charge in [0.2, 0.25) is 0 Å². The molecule has 76 valence electrons. The highest BCUT2D eigenvalue weighted by atomic mass is 16.8. The fourth-order valence-electron chi connectivity index (χ4n) is 0.398. The average molecular weight is 192 g/mol. The SMILES string of the molecule is CCOC(=O)ONC(=O)C(N)CO. The largest absolute Gasteiger partial charge is 0.533 e. The van der Waals surface area contributed by atoms with E-state index in [2.05, 4.69) is 9.57 Å². The Labute approximate surface area is 74.8 Å². The van der Waals surface area contributed by atoms with Crippen LogP contribution in [0.15, 0.2) is 0 Å². The molecule has 0 aliphatic heterocycles. The van der Waals surface area contributed by atoms with Crippen LogP contribution in [0.2, 0.25) is 0 Å². The Morgan fingerprint density at radius 1 is 1.62 bits per heavy atom. The minimum atomic E-state index is -1.12. The summed E-state index contributed by atoms with van der Waals surface area (Å²) in [5.74, 6) is -0.796. The summed E-state index contributed by atoms with van der Waals surface area (Å²) in [4.78, 5) is 25.4. The first-order valence-electron chi connectivity index (χ1n) is 3.61. The summed E-state index contributed by atoms with van der Waals surface area (Å²) in [5.41, 5.74) is 6.80. The molecule has 4 N–H and O–H groups in total. The molecule has 0 fully saturated rings. The van der Waals surface area contributed by atoms with Crippen molar-refractivity contribution in [2.45, 2.75) is 13.0 Å². The van der Waals surface area contributed by atoms with Crippen molar-refractivity contribution < 1.29 is 24.3 Å². The van der Waals surface area contributed by atoms with E-state index in [4.69, 9.17) is 10.8 Å². The highest BCUT2D eigenvalue weighted by molar-refractivity contribution is 5.81. The third-order valence-corrected chi connectivity index (χ3v) is 1.03. The first-order chi connectivity index (χ1) is 6.11. The summed E-state index contributed by atoms with van der Waals surface area (Å²) in [6.07, 6.45) is -1.03. The van der Waals surface area contributed by atoms with Crippen LogP contribution < -0.4 is 11.2 Å². The number of hydroxylamine groups is 1. The number of amides is 1. The van der Waals surface area contributed by atoms with Crippen molar-refractivity contribution in [1.82, 2.24) is 5.48 Å². The lowest BCUT2D eigenvalue weighted by atomic mass is 10.3. The number of aliphatic hydroxyl groups excluding tert-OH is 1. The summed E-state index contributed by atoms with van der Waals surface area (Å²) in [6.45, 7) is 1.20. The molecule has 0 aliphatic carbocycles. The molecule has 7 heteroatoms. The molecule has 0 aromatic carbocycles. The standard InChI is InChI=1S/C6H12N2O5/c1-2-12-6(11)13-8-5(10)4(7)3-9/h4,9H,2-3,7H2,1H3,(H,8,10). The smallest absolute Gasteiger partial charge is 0.433 e. The van der Waals surface area contributed by atoms with Gasteiger partial charge in [-0.25, -0.2) is 4.79 Å². The fraction of sp³-hybridized carbons (Fsp3) is 0.667. The maximum absolute atomic E-state index is 10.8. The molecule has 0 bridgehead atoms. The monoisotopic (exact) mass is 192 g/mol. The molecule has 0 saturated carbocycles. The fourth-order valence-corrected chi connectivity index (χ4v) is 0.398. The molecule has 1 unspecified atom stereocenters. The van der Waals surface area contributed by atoms with E-state index in [1.807, 2.05) is 0 Å². The highest BCUT2D eigenvalue weighted by Crippen LogP contribution is 1.82. The van der Waals surface area contributed by atoms with Gasteiger partial charge in [-0.1, -0.05) is 0 Å². The molecule has 0 saturated heterocycles. The molecule has 7 nitrogen and oxygen atoms in total. The minimum absolute atomic E-state index is 0.140. The quantitative estimate of drug-likeness (QED) is 0.371. The van der Waals surface area contributed by atoms with Gasteiger partial charge in [-0.2, -0.15) is 5.48 Å². The Morgan fingerprint density at radius 3 is 2.69 bits per heavy atom.